The molecule has 160 valence electrons. The minimum absolute atomic E-state index is 0.0469. The van der Waals surface area contributed by atoms with Crippen LogP contribution in [-0.4, -0.2) is 62.9 Å². The zero-order valence-corrected chi connectivity index (χ0v) is 17.7. The molecule has 0 radical (unpaired) electrons. The minimum atomic E-state index is -0.858. The molecule has 2 aromatic heterocycles. The Morgan fingerprint density at radius 1 is 1.50 bits per heavy atom. The highest BCUT2D eigenvalue weighted by molar-refractivity contribution is 7.17. The SMILES string of the molecule is C=C(c1cnn(C)c1)c1sc(NC(=O)N2CCCC(CC(=O)O)C2)nc1C(=N)OC. The molecule has 0 saturated carbocycles. The number of rotatable bonds is 6. The summed E-state index contributed by atoms with van der Waals surface area (Å²) in [4.78, 5) is 30.3. The largest absolute Gasteiger partial charge is 0.481 e. The summed E-state index contributed by atoms with van der Waals surface area (Å²) in [5.74, 6) is -1.05. The number of likely N-dealkylation sites (tertiary alicyclic amines) is 1. The van der Waals surface area contributed by atoms with E-state index in [2.05, 4.69) is 22.0 Å². The van der Waals surface area contributed by atoms with Crippen molar-refractivity contribution in [3.8, 4) is 0 Å². The van der Waals surface area contributed by atoms with Crippen LogP contribution >= 0.6 is 11.3 Å². The molecule has 1 aliphatic heterocycles. The van der Waals surface area contributed by atoms with E-state index in [0.29, 0.717) is 28.7 Å². The highest BCUT2D eigenvalue weighted by atomic mass is 32.1. The summed E-state index contributed by atoms with van der Waals surface area (Å²) in [6.45, 7) is 5.04. The second-order valence-corrected chi connectivity index (χ2v) is 8.09. The normalized spacial score (nSPS) is 16.2. The zero-order chi connectivity index (χ0) is 21.8. The molecule has 10 nitrogen and oxygen atoms in total. The molecule has 0 aromatic carbocycles. The van der Waals surface area contributed by atoms with Gasteiger partial charge in [0.05, 0.1) is 18.2 Å². The number of hydrogen-bond acceptors (Lipinski definition) is 7. The lowest BCUT2D eigenvalue weighted by Crippen LogP contribution is -2.42. The number of piperidine rings is 1. The number of carbonyl (C=O) groups is 2. The first-order valence-electron chi connectivity index (χ1n) is 9.38. The van der Waals surface area contributed by atoms with Gasteiger partial charge in [0, 0.05) is 38.3 Å². The van der Waals surface area contributed by atoms with Crippen LogP contribution in [0, 0.1) is 11.3 Å². The molecule has 2 amide bonds. The number of anilines is 1. The number of carbonyl (C=O) groups excluding carboxylic acids is 1. The third-order valence-electron chi connectivity index (χ3n) is 4.86. The van der Waals surface area contributed by atoms with Gasteiger partial charge in [-0.1, -0.05) is 17.9 Å². The maximum Gasteiger partial charge on any atom is 0.323 e. The molecule has 3 N–H and O–H groups in total. The summed E-state index contributed by atoms with van der Waals surface area (Å²) in [5, 5.41) is 24.3. The Bertz CT molecular complexity index is 982. The third kappa shape index (κ3) is 4.85. The van der Waals surface area contributed by atoms with Gasteiger partial charge in [0.2, 0.25) is 5.90 Å². The van der Waals surface area contributed by atoms with E-state index in [0.717, 1.165) is 18.4 Å². The summed E-state index contributed by atoms with van der Waals surface area (Å²) in [5.41, 5.74) is 1.68. The average Bonchev–Trinajstić information content (AvgIpc) is 3.33. The van der Waals surface area contributed by atoms with Gasteiger partial charge in [0.15, 0.2) is 5.13 Å². The summed E-state index contributed by atoms with van der Waals surface area (Å²) >= 11 is 1.20. The Kier molecular flexibility index (Phi) is 6.50. The first kappa shape index (κ1) is 21.5. The number of aromatic nitrogens is 3. The van der Waals surface area contributed by atoms with Crippen LogP contribution in [0.3, 0.4) is 0 Å². The Morgan fingerprint density at radius 3 is 2.90 bits per heavy atom. The van der Waals surface area contributed by atoms with E-state index in [1.807, 2.05) is 0 Å². The molecule has 1 unspecified atom stereocenters. The van der Waals surface area contributed by atoms with E-state index in [-0.39, 0.29) is 30.0 Å². The number of nitrogens with zero attached hydrogens (tertiary/aromatic N) is 4. The lowest BCUT2D eigenvalue weighted by atomic mass is 9.95. The second kappa shape index (κ2) is 9.08. The molecule has 1 aliphatic rings. The van der Waals surface area contributed by atoms with Gasteiger partial charge in [-0.25, -0.2) is 9.78 Å². The summed E-state index contributed by atoms with van der Waals surface area (Å²) in [6, 6.07) is -0.340. The molecule has 1 saturated heterocycles. The molecular weight excluding hydrogens is 408 g/mol. The van der Waals surface area contributed by atoms with Crippen molar-refractivity contribution in [3.63, 3.8) is 0 Å². The number of methoxy groups -OCH3 is 1. The Hall–Kier alpha value is -3.21. The lowest BCUT2D eigenvalue weighted by Gasteiger charge is -2.31. The third-order valence-corrected chi connectivity index (χ3v) is 5.89. The summed E-state index contributed by atoms with van der Waals surface area (Å²) in [6.07, 6.45) is 5.06. The fourth-order valence-electron chi connectivity index (χ4n) is 3.37. The molecule has 1 atom stereocenters. The number of hydrogen-bond donors (Lipinski definition) is 3. The van der Waals surface area contributed by atoms with Crippen molar-refractivity contribution in [2.75, 3.05) is 25.5 Å². The number of carboxylic acids is 1. The number of ether oxygens (including phenoxy) is 1. The van der Waals surface area contributed by atoms with Crippen LogP contribution in [0.15, 0.2) is 19.0 Å². The van der Waals surface area contributed by atoms with E-state index in [1.54, 1.807) is 29.0 Å². The monoisotopic (exact) mass is 432 g/mol. The van der Waals surface area contributed by atoms with Crippen LogP contribution < -0.4 is 5.32 Å². The van der Waals surface area contributed by atoms with Crippen molar-refractivity contribution in [1.82, 2.24) is 19.7 Å². The molecule has 2 aromatic rings. The molecule has 3 heterocycles. The fraction of sp³-hybridized carbons (Fsp3) is 0.421. The van der Waals surface area contributed by atoms with Crippen molar-refractivity contribution in [2.45, 2.75) is 19.3 Å². The standard InChI is InChI=1S/C19H24N6O4S/c1-11(13-8-21-24(2)10-13)16-15(17(20)29-3)22-18(30-16)23-19(28)25-6-4-5-12(9-25)7-14(26)27/h8,10,12,20H,1,4-7,9H2,2-3H3,(H,26,27)(H,22,23,28). The lowest BCUT2D eigenvalue weighted by molar-refractivity contribution is -0.138. The Labute approximate surface area is 177 Å². The van der Waals surface area contributed by atoms with Crippen molar-refractivity contribution in [2.24, 2.45) is 13.0 Å². The van der Waals surface area contributed by atoms with Crippen molar-refractivity contribution >= 4 is 39.9 Å². The predicted molar refractivity (Wildman–Crippen MR) is 113 cm³/mol. The highest BCUT2D eigenvalue weighted by Crippen LogP contribution is 2.33. The number of amides is 2. The molecule has 0 spiro atoms. The van der Waals surface area contributed by atoms with Gasteiger partial charge in [0.25, 0.3) is 0 Å². The van der Waals surface area contributed by atoms with Crippen LogP contribution in [0.4, 0.5) is 9.93 Å². The topological polar surface area (TPSA) is 133 Å². The van der Waals surface area contributed by atoms with E-state index in [9.17, 15) is 9.59 Å². The van der Waals surface area contributed by atoms with Crippen LogP contribution in [-0.2, 0) is 16.6 Å². The second-order valence-electron chi connectivity index (χ2n) is 7.09. The van der Waals surface area contributed by atoms with Gasteiger partial charge in [-0.05, 0) is 24.3 Å². The summed E-state index contributed by atoms with van der Waals surface area (Å²) < 4.78 is 6.69. The summed E-state index contributed by atoms with van der Waals surface area (Å²) in [7, 11) is 3.18. The number of aliphatic carboxylic acids is 1. The quantitative estimate of drug-likeness (QED) is 0.475. The number of carboxylic acid groups (broad SMARTS) is 1. The van der Waals surface area contributed by atoms with E-state index >= 15 is 0 Å². The molecule has 30 heavy (non-hydrogen) atoms. The molecule has 0 aliphatic carbocycles. The van der Waals surface area contributed by atoms with Crippen LogP contribution in [0.1, 0.15) is 35.4 Å². The number of nitrogens with one attached hydrogen (secondary N) is 2. The van der Waals surface area contributed by atoms with Crippen LogP contribution in [0.25, 0.3) is 5.57 Å². The maximum absolute atomic E-state index is 12.7. The van der Waals surface area contributed by atoms with Gasteiger partial charge < -0.3 is 14.7 Å². The van der Waals surface area contributed by atoms with Gasteiger partial charge in [-0.2, -0.15) is 5.10 Å². The Balaban J connectivity index is 1.78. The smallest absolute Gasteiger partial charge is 0.323 e. The van der Waals surface area contributed by atoms with E-state index in [4.69, 9.17) is 15.3 Å². The molecule has 1 fully saturated rings. The predicted octanol–water partition coefficient (Wildman–Crippen LogP) is 2.63. The number of urea groups is 1. The van der Waals surface area contributed by atoms with Crippen LogP contribution in [0.2, 0.25) is 0 Å². The van der Waals surface area contributed by atoms with Crippen molar-refractivity contribution in [1.29, 1.82) is 5.41 Å². The molecule has 11 heteroatoms. The van der Waals surface area contributed by atoms with Gasteiger partial charge in [-0.3, -0.25) is 20.2 Å². The number of thiazole rings is 1. The van der Waals surface area contributed by atoms with Gasteiger partial charge in [0.1, 0.15) is 5.69 Å². The fourth-order valence-corrected chi connectivity index (χ4v) is 4.32. The Morgan fingerprint density at radius 2 is 2.27 bits per heavy atom. The zero-order valence-electron chi connectivity index (χ0n) is 16.8. The maximum atomic E-state index is 12.7. The van der Waals surface area contributed by atoms with Crippen molar-refractivity contribution in [3.05, 3.63) is 35.1 Å². The van der Waals surface area contributed by atoms with Gasteiger partial charge >= 0.3 is 12.0 Å². The minimum Gasteiger partial charge on any atom is -0.481 e. The van der Waals surface area contributed by atoms with Gasteiger partial charge in [-0.15, -0.1) is 0 Å². The molecular formula is C19H24N6O4S. The first-order chi connectivity index (χ1) is 14.3. The first-order valence-corrected chi connectivity index (χ1v) is 10.2. The van der Waals surface area contributed by atoms with E-state index < -0.39 is 5.97 Å². The molecule has 3 rings (SSSR count). The van der Waals surface area contributed by atoms with E-state index in [1.165, 1.54) is 18.4 Å². The number of aryl methyl sites for hydroxylation is 1. The van der Waals surface area contributed by atoms with Crippen molar-refractivity contribution < 1.29 is 19.4 Å². The molecule has 0 bridgehead atoms. The average molecular weight is 433 g/mol. The van der Waals surface area contributed by atoms with Crippen LogP contribution in [0.5, 0.6) is 0 Å². The highest BCUT2D eigenvalue weighted by Gasteiger charge is 2.27.